The number of hydrogen-bond donors (Lipinski definition) is 3. The number of alkyl halides is 3. The summed E-state index contributed by atoms with van der Waals surface area (Å²) in [4.78, 5) is 39.5. The summed E-state index contributed by atoms with van der Waals surface area (Å²) in [5, 5.41) is 9.12. The Kier molecular flexibility index (Phi) is 9.89. The van der Waals surface area contributed by atoms with E-state index in [4.69, 9.17) is 9.47 Å². The lowest BCUT2D eigenvalue weighted by molar-refractivity contribution is -0.154. The zero-order valence-electron chi connectivity index (χ0n) is 25.0. The van der Waals surface area contributed by atoms with Gasteiger partial charge in [-0.1, -0.05) is 19.1 Å². The molecule has 6 bridgehead atoms. The van der Waals surface area contributed by atoms with Crippen LogP contribution in [0, 0.1) is 0 Å². The molecule has 2 aromatic carbocycles. The molecule has 0 unspecified atom stereocenters. The quantitative estimate of drug-likeness (QED) is 0.359. The first-order valence-electron chi connectivity index (χ1n) is 15.0. The van der Waals surface area contributed by atoms with Gasteiger partial charge in [-0.2, -0.15) is 28.1 Å². The van der Waals surface area contributed by atoms with Crippen molar-refractivity contribution in [2.24, 2.45) is 0 Å². The monoisotopic (exact) mass is 627 g/mol. The summed E-state index contributed by atoms with van der Waals surface area (Å²) >= 11 is 0. The van der Waals surface area contributed by atoms with Gasteiger partial charge in [0.1, 0.15) is 5.75 Å². The number of fused-ring (bicyclic) bond motifs is 2. The summed E-state index contributed by atoms with van der Waals surface area (Å²) < 4.78 is 49.5. The smallest absolute Gasteiger partial charge is 0.422 e. The van der Waals surface area contributed by atoms with Crippen LogP contribution in [0.15, 0.2) is 48.5 Å². The van der Waals surface area contributed by atoms with E-state index in [0.717, 1.165) is 24.8 Å². The molecule has 45 heavy (non-hydrogen) atoms. The molecule has 4 aliphatic rings. The number of carbonyl (C=O) groups is 2. The maximum Gasteiger partial charge on any atom is 0.422 e. The largest absolute Gasteiger partial charge is 0.494 e. The Balaban J connectivity index is 1.38. The SMILES string of the molecule is CCC(=O)N1CCCCNC(=O)c2ccc(cc2)Nc2nc(nc(OCC(F)(F)F)n2)NC2(CC2)c2ccc(cc2)OCCC1. The zero-order chi connectivity index (χ0) is 31.9. The molecule has 11 nitrogen and oxygen atoms in total. The molecule has 3 aromatic rings. The standard InChI is InChI=1S/C31H36F3N7O4/c1-2-25(42)41-17-4-3-16-35-26(43)21-6-10-23(11-7-21)36-27-37-28(39-29(38-27)45-20-31(32,33)34)40-30(14-15-30)22-8-12-24(13-9-22)44-19-5-18-41/h6-13H,2-5,14-20H2,1H3,(H,35,43)(H2,36,37,38,39,40). The molecule has 0 atom stereocenters. The number of amides is 2. The molecular formula is C31H36F3N7O4. The summed E-state index contributed by atoms with van der Waals surface area (Å²) in [6.07, 6.45) is -0.521. The molecule has 1 aromatic heterocycles. The van der Waals surface area contributed by atoms with Crippen molar-refractivity contribution < 1.29 is 32.2 Å². The highest BCUT2D eigenvalue weighted by Crippen LogP contribution is 2.48. The lowest BCUT2D eigenvalue weighted by Gasteiger charge is -2.22. The first-order chi connectivity index (χ1) is 21.6. The summed E-state index contributed by atoms with van der Waals surface area (Å²) in [6, 6.07) is 13.6. The fourth-order valence-electron chi connectivity index (χ4n) is 4.97. The molecule has 1 saturated carbocycles. The van der Waals surface area contributed by atoms with Crippen molar-refractivity contribution in [3.63, 3.8) is 0 Å². The maximum absolute atomic E-state index is 12.9. The van der Waals surface area contributed by atoms with E-state index in [-0.39, 0.29) is 23.7 Å². The lowest BCUT2D eigenvalue weighted by atomic mass is 10.1. The second-order valence-corrected chi connectivity index (χ2v) is 11.0. The number of ether oxygens (including phenoxy) is 2. The molecule has 2 amide bonds. The number of anilines is 3. The number of aromatic nitrogens is 3. The fourth-order valence-corrected chi connectivity index (χ4v) is 4.97. The number of hydrogen-bond acceptors (Lipinski definition) is 9. The molecule has 240 valence electrons. The van der Waals surface area contributed by atoms with Gasteiger partial charge in [0.15, 0.2) is 6.61 Å². The van der Waals surface area contributed by atoms with Gasteiger partial charge in [-0.25, -0.2) is 0 Å². The number of nitrogens with zero attached hydrogens (tertiary/aromatic N) is 4. The van der Waals surface area contributed by atoms with E-state index < -0.39 is 24.3 Å². The number of nitrogens with one attached hydrogen (secondary N) is 3. The Bertz CT molecular complexity index is 1470. The average molecular weight is 628 g/mol. The second-order valence-electron chi connectivity index (χ2n) is 11.0. The van der Waals surface area contributed by atoms with Crippen molar-refractivity contribution >= 4 is 29.4 Å². The summed E-state index contributed by atoms with van der Waals surface area (Å²) in [5.41, 5.74) is 1.37. The number of rotatable bonds is 3. The molecule has 0 saturated heterocycles. The molecule has 0 radical (unpaired) electrons. The molecular weight excluding hydrogens is 591 g/mol. The molecule has 3 N–H and O–H groups in total. The molecule has 7 rings (SSSR count). The van der Waals surface area contributed by atoms with E-state index in [1.807, 2.05) is 36.1 Å². The van der Waals surface area contributed by atoms with E-state index >= 15 is 0 Å². The van der Waals surface area contributed by atoms with Crippen LogP contribution >= 0.6 is 0 Å². The average Bonchev–Trinajstić information content (AvgIpc) is 3.80. The van der Waals surface area contributed by atoms with Crippen LogP contribution in [0.4, 0.5) is 30.8 Å². The third-order valence-electron chi connectivity index (χ3n) is 7.53. The molecule has 1 aliphatic carbocycles. The van der Waals surface area contributed by atoms with Crippen molar-refractivity contribution in [1.29, 1.82) is 0 Å². The summed E-state index contributed by atoms with van der Waals surface area (Å²) in [6.45, 7) is 2.36. The highest BCUT2D eigenvalue weighted by molar-refractivity contribution is 5.94. The normalized spacial score (nSPS) is 17.2. The molecule has 1 fully saturated rings. The van der Waals surface area contributed by atoms with Gasteiger partial charge in [0.05, 0.1) is 12.1 Å². The minimum absolute atomic E-state index is 0.0254. The van der Waals surface area contributed by atoms with Crippen molar-refractivity contribution in [1.82, 2.24) is 25.2 Å². The Morgan fingerprint density at radius 2 is 1.69 bits per heavy atom. The molecule has 1 spiro atoms. The zero-order valence-corrected chi connectivity index (χ0v) is 25.0. The third kappa shape index (κ3) is 8.96. The Morgan fingerprint density at radius 3 is 2.38 bits per heavy atom. The van der Waals surface area contributed by atoms with Gasteiger partial charge >= 0.3 is 12.2 Å². The van der Waals surface area contributed by atoms with Crippen LogP contribution in [0.25, 0.3) is 0 Å². The van der Waals surface area contributed by atoms with E-state index in [0.29, 0.717) is 62.5 Å². The van der Waals surface area contributed by atoms with Crippen LogP contribution in [0.1, 0.15) is 61.4 Å². The summed E-state index contributed by atoms with van der Waals surface area (Å²) in [5.74, 6) is 0.546. The van der Waals surface area contributed by atoms with Gasteiger partial charge in [-0.05, 0) is 74.1 Å². The number of benzene rings is 2. The minimum Gasteiger partial charge on any atom is -0.494 e. The second kappa shape index (κ2) is 14.0. The molecule has 4 heterocycles. The fraction of sp³-hybridized carbons (Fsp3) is 0.452. The molecule has 14 heteroatoms. The number of halogens is 3. The Morgan fingerprint density at radius 1 is 0.978 bits per heavy atom. The highest BCUT2D eigenvalue weighted by Gasteiger charge is 2.45. The first kappa shape index (κ1) is 31.8. The van der Waals surface area contributed by atoms with Crippen molar-refractivity contribution in [3.8, 4) is 11.8 Å². The first-order valence-corrected chi connectivity index (χ1v) is 15.0. The van der Waals surface area contributed by atoms with Gasteiger partial charge in [-0.3, -0.25) is 9.59 Å². The van der Waals surface area contributed by atoms with Crippen LogP contribution < -0.4 is 25.4 Å². The van der Waals surface area contributed by atoms with Crippen LogP contribution in [0.3, 0.4) is 0 Å². The van der Waals surface area contributed by atoms with Gasteiger partial charge < -0.3 is 30.3 Å². The third-order valence-corrected chi connectivity index (χ3v) is 7.53. The number of carbonyl (C=O) groups excluding carboxylic acids is 2. The van der Waals surface area contributed by atoms with E-state index in [1.165, 1.54) is 0 Å². The topological polar surface area (TPSA) is 131 Å². The summed E-state index contributed by atoms with van der Waals surface area (Å²) in [7, 11) is 0. The van der Waals surface area contributed by atoms with Crippen molar-refractivity contribution in [2.75, 3.05) is 43.5 Å². The van der Waals surface area contributed by atoms with E-state index in [9.17, 15) is 22.8 Å². The van der Waals surface area contributed by atoms with Crippen molar-refractivity contribution in [3.05, 3.63) is 59.7 Å². The van der Waals surface area contributed by atoms with Crippen LogP contribution in [-0.4, -0.2) is 70.7 Å². The van der Waals surface area contributed by atoms with Gasteiger partial charge in [0.2, 0.25) is 17.8 Å². The minimum atomic E-state index is -4.57. The van der Waals surface area contributed by atoms with E-state index in [2.05, 4.69) is 30.9 Å². The molecule has 3 aliphatic heterocycles. The van der Waals surface area contributed by atoms with Crippen LogP contribution in [0.5, 0.6) is 11.8 Å². The Labute approximate surface area is 258 Å². The van der Waals surface area contributed by atoms with Crippen molar-refractivity contribution in [2.45, 2.75) is 57.2 Å². The van der Waals surface area contributed by atoms with Gasteiger partial charge in [0, 0.05) is 37.3 Å². The van der Waals surface area contributed by atoms with Gasteiger partial charge in [0.25, 0.3) is 5.91 Å². The Hall–Kier alpha value is -4.62. The van der Waals surface area contributed by atoms with E-state index in [1.54, 1.807) is 24.3 Å². The maximum atomic E-state index is 12.9. The predicted octanol–water partition coefficient (Wildman–Crippen LogP) is 5.19. The predicted molar refractivity (Wildman–Crippen MR) is 161 cm³/mol. The van der Waals surface area contributed by atoms with Crippen LogP contribution in [-0.2, 0) is 10.3 Å². The van der Waals surface area contributed by atoms with Gasteiger partial charge in [-0.15, -0.1) is 0 Å². The highest BCUT2D eigenvalue weighted by atomic mass is 19.4. The van der Waals surface area contributed by atoms with Crippen LogP contribution in [0.2, 0.25) is 0 Å². The lowest BCUT2D eigenvalue weighted by Crippen LogP contribution is -2.33.